The Morgan fingerprint density at radius 2 is 1.83 bits per heavy atom. The lowest BCUT2D eigenvalue weighted by atomic mass is 10.3. The van der Waals surface area contributed by atoms with Gasteiger partial charge in [-0.3, -0.25) is 4.57 Å². The minimum absolute atomic E-state index is 0.0598. The molecule has 1 atom stereocenters. The van der Waals surface area contributed by atoms with Gasteiger partial charge in [0.05, 0.1) is 0 Å². The SMILES string of the molecule is CN(C)CCC(C)(O)P(=O)(O)O. The summed E-state index contributed by atoms with van der Waals surface area (Å²) in [6.45, 7) is 1.59. The van der Waals surface area contributed by atoms with Gasteiger partial charge in [-0.15, -0.1) is 0 Å². The zero-order chi connectivity index (χ0) is 9.99. The van der Waals surface area contributed by atoms with Crippen molar-refractivity contribution in [3.05, 3.63) is 0 Å². The molecule has 0 spiro atoms. The largest absolute Gasteiger partial charge is 0.377 e. The summed E-state index contributed by atoms with van der Waals surface area (Å²) < 4.78 is 10.7. The molecule has 0 aliphatic carbocycles. The predicted molar refractivity (Wildman–Crippen MR) is 45.8 cm³/mol. The average Bonchev–Trinajstić information content (AvgIpc) is 1.81. The van der Waals surface area contributed by atoms with E-state index < -0.39 is 12.9 Å². The van der Waals surface area contributed by atoms with Gasteiger partial charge in [0.2, 0.25) is 0 Å². The van der Waals surface area contributed by atoms with E-state index >= 15 is 0 Å². The first kappa shape index (κ1) is 12.1. The standard InChI is InChI=1S/C6H16NO4P/c1-6(8,12(9,10)11)4-5-7(2)3/h8H,4-5H2,1-3H3,(H2,9,10,11). The molecule has 0 aliphatic rings. The van der Waals surface area contributed by atoms with Crippen LogP contribution in [0.15, 0.2) is 0 Å². The summed E-state index contributed by atoms with van der Waals surface area (Å²) in [4.78, 5) is 19.2. The molecule has 0 rings (SSSR count). The fourth-order valence-electron chi connectivity index (χ4n) is 0.581. The highest BCUT2D eigenvalue weighted by molar-refractivity contribution is 7.53. The van der Waals surface area contributed by atoms with E-state index in [1.807, 2.05) is 0 Å². The molecule has 0 aliphatic heterocycles. The van der Waals surface area contributed by atoms with E-state index in [0.717, 1.165) is 6.92 Å². The molecule has 0 bridgehead atoms. The van der Waals surface area contributed by atoms with E-state index in [9.17, 15) is 9.67 Å². The van der Waals surface area contributed by atoms with Crippen LogP contribution in [-0.4, -0.2) is 45.8 Å². The van der Waals surface area contributed by atoms with E-state index in [2.05, 4.69) is 0 Å². The van der Waals surface area contributed by atoms with Crippen molar-refractivity contribution in [2.75, 3.05) is 20.6 Å². The zero-order valence-corrected chi connectivity index (χ0v) is 8.45. The van der Waals surface area contributed by atoms with Gasteiger partial charge < -0.3 is 19.8 Å². The van der Waals surface area contributed by atoms with Gasteiger partial charge in [-0.05, 0) is 21.0 Å². The van der Waals surface area contributed by atoms with Crippen molar-refractivity contribution in [3.63, 3.8) is 0 Å². The third-order valence-electron chi connectivity index (χ3n) is 1.66. The van der Waals surface area contributed by atoms with Gasteiger partial charge in [0.1, 0.15) is 0 Å². The molecule has 0 amide bonds. The maximum atomic E-state index is 10.7. The van der Waals surface area contributed by atoms with Crippen LogP contribution in [-0.2, 0) is 4.57 Å². The van der Waals surface area contributed by atoms with E-state index in [-0.39, 0.29) is 6.42 Å². The smallest absolute Gasteiger partial charge is 0.356 e. The predicted octanol–water partition coefficient (Wildman–Crippen LogP) is -0.176. The zero-order valence-electron chi connectivity index (χ0n) is 7.56. The van der Waals surface area contributed by atoms with Crippen LogP contribution in [0.25, 0.3) is 0 Å². The number of hydrogen-bond donors (Lipinski definition) is 3. The second-order valence-electron chi connectivity index (χ2n) is 3.31. The van der Waals surface area contributed by atoms with Crippen LogP contribution in [0.1, 0.15) is 13.3 Å². The van der Waals surface area contributed by atoms with Crippen LogP contribution in [0.3, 0.4) is 0 Å². The first-order valence-corrected chi connectivity index (χ1v) is 5.21. The molecular formula is C6H16NO4P. The second kappa shape index (κ2) is 3.85. The van der Waals surface area contributed by atoms with Crippen LogP contribution in [0.2, 0.25) is 0 Å². The van der Waals surface area contributed by atoms with Crippen LogP contribution >= 0.6 is 7.60 Å². The van der Waals surface area contributed by atoms with Crippen LogP contribution in [0, 0.1) is 0 Å². The highest BCUT2D eigenvalue weighted by Gasteiger charge is 2.39. The molecule has 0 radical (unpaired) electrons. The van der Waals surface area contributed by atoms with Crippen LogP contribution < -0.4 is 0 Å². The Balaban J connectivity index is 4.15. The Morgan fingerprint density at radius 3 is 2.08 bits per heavy atom. The van der Waals surface area contributed by atoms with Gasteiger partial charge in [-0.25, -0.2) is 0 Å². The molecule has 0 saturated carbocycles. The normalized spacial score (nSPS) is 17.9. The molecule has 74 valence electrons. The molecule has 0 fully saturated rings. The fraction of sp³-hybridized carbons (Fsp3) is 1.00. The maximum absolute atomic E-state index is 10.7. The summed E-state index contributed by atoms with van der Waals surface area (Å²) in [7, 11) is -0.849. The van der Waals surface area contributed by atoms with Gasteiger partial charge in [0.15, 0.2) is 5.34 Å². The van der Waals surface area contributed by atoms with Crippen molar-refractivity contribution in [1.29, 1.82) is 0 Å². The summed E-state index contributed by atoms with van der Waals surface area (Å²) in [5.41, 5.74) is 0. The summed E-state index contributed by atoms with van der Waals surface area (Å²) in [5, 5.41) is 7.40. The number of rotatable bonds is 4. The summed E-state index contributed by atoms with van der Waals surface area (Å²) in [5.74, 6) is 0. The maximum Gasteiger partial charge on any atom is 0.356 e. The van der Waals surface area contributed by atoms with Crippen molar-refractivity contribution in [3.8, 4) is 0 Å². The first-order valence-electron chi connectivity index (χ1n) is 3.59. The number of hydrogen-bond acceptors (Lipinski definition) is 3. The third-order valence-corrected chi connectivity index (χ3v) is 3.14. The third kappa shape index (κ3) is 3.65. The Kier molecular flexibility index (Phi) is 3.87. The summed E-state index contributed by atoms with van der Waals surface area (Å²) in [6, 6.07) is 0. The lowest BCUT2D eigenvalue weighted by Gasteiger charge is -2.25. The molecule has 0 heterocycles. The topological polar surface area (TPSA) is 81.0 Å². The quantitative estimate of drug-likeness (QED) is 0.545. The monoisotopic (exact) mass is 197 g/mol. The molecule has 12 heavy (non-hydrogen) atoms. The van der Waals surface area contributed by atoms with Gasteiger partial charge >= 0.3 is 7.60 Å². The molecule has 1 unspecified atom stereocenters. The van der Waals surface area contributed by atoms with Crippen molar-refractivity contribution < 1.29 is 19.5 Å². The molecule has 0 aromatic heterocycles. The van der Waals surface area contributed by atoms with E-state index in [1.54, 1.807) is 19.0 Å². The van der Waals surface area contributed by atoms with Crippen molar-refractivity contribution in [1.82, 2.24) is 4.90 Å². The molecular weight excluding hydrogens is 181 g/mol. The van der Waals surface area contributed by atoms with E-state index in [1.165, 1.54) is 0 Å². The van der Waals surface area contributed by atoms with Gasteiger partial charge in [0.25, 0.3) is 0 Å². The molecule has 5 nitrogen and oxygen atoms in total. The first-order chi connectivity index (χ1) is 5.17. The minimum atomic E-state index is -4.40. The lowest BCUT2D eigenvalue weighted by Crippen LogP contribution is -2.29. The minimum Gasteiger partial charge on any atom is -0.377 e. The Hall–Kier alpha value is 0.0700. The highest BCUT2D eigenvalue weighted by atomic mass is 31.2. The summed E-state index contributed by atoms with van der Waals surface area (Å²) >= 11 is 0. The van der Waals surface area contributed by atoms with Crippen molar-refractivity contribution in [2.24, 2.45) is 0 Å². The highest BCUT2D eigenvalue weighted by Crippen LogP contribution is 2.50. The molecule has 0 aromatic carbocycles. The Labute approximate surface area is 72.2 Å². The second-order valence-corrected chi connectivity index (χ2v) is 5.37. The molecule has 0 saturated heterocycles. The van der Waals surface area contributed by atoms with Gasteiger partial charge in [-0.1, -0.05) is 0 Å². The number of aliphatic hydroxyl groups is 1. The van der Waals surface area contributed by atoms with Gasteiger partial charge in [-0.2, -0.15) is 0 Å². The van der Waals surface area contributed by atoms with Crippen LogP contribution in [0.4, 0.5) is 0 Å². The Morgan fingerprint density at radius 1 is 1.42 bits per heavy atom. The van der Waals surface area contributed by atoms with Crippen LogP contribution in [0.5, 0.6) is 0 Å². The molecule has 6 heteroatoms. The van der Waals surface area contributed by atoms with Gasteiger partial charge in [0, 0.05) is 13.0 Å². The van der Waals surface area contributed by atoms with Crippen molar-refractivity contribution >= 4 is 7.60 Å². The average molecular weight is 197 g/mol. The number of nitrogens with zero attached hydrogens (tertiary/aromatic N) is 1. The molecule has 0 aromatic rings. The fourth-order valence-corrected chi connectivity index (χ4v) is 0.972. The Bertz CT molecular complexity index is 186. The van der Waals surface area contributed by atoms with E-state index in [4.69, 9.17) is 9.79 Å². The van der Waals surface area contributed by atoms with E-state index in [0.29, 0.717) is 6.54 Å². The van der Waals surface area contributed by atoms with Crippen molar-refractivity contribution in [2.45, 2.75) is 18.7 Å². The molecule has 3 N–H and O–H groups in total. The summed E-state index contributed by atoms with van der Waals surface area (Å²) in [6.07, 6.45) is 0.0598. The lowest BCUT2D eigenvalue weighted by molar-refractivity contribution is 0.0919.